The molecule has 2 aromatic rings. The smallest absolute Gasteiger partial charge is 0.161 e. The summed E-state index contributed by atoms with van der Waals surface area (Å²) in [6, 6.07) is 1.96. The minimum Gasteiger partial charge on any atom is -0.236 e. The Morgan fingerprint density at radius 2 is 1.77 bits per heavy atom. The summed E-state index contributed by atoms with van der Waals surface area (Å²) < 4.78 is 25.4. The van der Waals surface area contributed by atoms with Crippen LogP contribution < -0.4 is 0 Å². The highest BCUT2D eigenvalue weighted by atomic mass is 35.5. The number of nitrogens with zero attached hydrogens (tertiary/aromatic N) is 2. The van der Waals surface area contributed by atoms with E-state index in [0.717, 1.165) is 12.1 Å². The molecule has 2 rings (SSSR count). The molecule has 0 fully saturated rings. The van der Waals surface area contributed by atoms with Gasteiger partial charge in [0.25, 0.3) is 0 Å². The zero-order chi connectivity index (χ0) is 9.42. The van der Waals surface area contributed by atoms with Gasteiger partial charge in [0.15, 0.2) is 11.6 Å². The lowest BCUT2D eigenvalue weighted by molar-refractivity contribution is 0.510. The van der Waals surface area contributed by atoms with Gasteiger partial charge >= 0.3 is 0 Å². The molecule has 2 nitrogen and oxygen atoms in total. The molecular formula is C8H3ClF2N2. The molecule has 5 heteroatoms. The maximum Gasteiger partial charge on any atom is 0.161 e. The summed E-state index contributed by atoms with van der Waals surface area (Å²) >= 11 is 5.64. The lowest BCUT2D eigenvalue weighted by Gasteiger charge is -1.98. The fourth-order valence-electron chi connectivity index (χ4n) is 1.02. The minimum absolute atomic E-state index is 0.115. The highest BCUT2D eigenvalue weighted by Gasteiger charge is 2.07. The third-order valence-corrected chi connectivity index (χ3v) is 1.93. The van der Waals surface area contributed by atoms with E-state index < -0.39 is 11.6 Å². The largest absolute Gasteiger partial charge is 0.236 e. The summed E-state index contributed by atoms with van der Waals surface area (Å²) in [4.78, 5) is 7.39. The number of halogens is 3. The van der Waals surface area contributed by atoms with Gasteiger partial charge in [0.2, 0.25) is 0 Å². The molecule has 13 heavy (non-hydrogen) atoms. The van der Waals surface area contributed by atoms with Gasteiger partial charge in [0, 0.05) is 11.5 Å². The predicted molar refractivity (Wildman–Crippen MR) is 44.5 cm³/mol. The van der Waals surface area contributed by atoms with Gasteiger partial charge in [-0.1, -0.05) is 11.6 Å². The van der Waals surface area contributed by atoms with Gasteiger partial charge in [0.1, 0.15) is 11.5 Å². The summed E-state index contributed by atoms with van der Waals surface area (Å²) in [7, 11) is 0. The Hall–Kier alpha value is -1.29. The Balaban J connectivity index is 2.89. The summed E-state index contributed by atoms with van der Waals surface area (Å²) in [6.07, 6.45) is 1.20. The summed E-state index contributed by atoms with van der Waals surface area (Å²) in [5.41, 5.74) is 0.291. The molecule has 0 saturated carbocycles. The van der Waals surface area contributed by atoms with Gasteiger partial charge in [-0.15, -0.1) is 0 Å². The topological polar surface area (TPSA) is 25.8 Å². The zero-order valence-corrected chi connectivity index (χ0v) is 7.02. The fraction of sp³-hybridized carbons (Fsp3) is 0. The van der Waals surface area contributed by atoms with E-state index in [0.29, 0.717) is 10.9 Å². The molecule has 0 aliphatic carbocycles. The van der Waals surface area contributed by atoms with Crippen molar-refractivity contribution in [1.82, 2.24) is 9.97 Å². The Bertz CT molecular complexity index is 473. The van der Waals surface area contributed by atoms with Crippen molar-refractivity contribution in [3.05, 3.63) is 35.2 Å². The van der Waals surface area contributed by atoms with Crippen LogP contribution in [-0.2, 0) is 0 Å². The van der Waals surface area contributed by atoms with Crippen LogP contribution in [0.15, 0.2) is 18.5 Å². The van der Waals surface area contributed by atoms with Gasteiger partial charge in [-0.25, -0.2) is 18.7 Å². The van der Waals surface area contributed by atoms with Crippen molar-refractivity contribution in [1.29, 1.82) is 0 Å². The van der Waals surface area contributed by atoms with Gasteiger partial charge in [-0.05, 0) is 6.07 Å². The van der Waals surface area contributed by atoms with Crippen LogP contribution in [0, 0.1) is 11.6 Å². The first-order chi connectivity index (χ1) is 6.18. The standard InChI is InChI=1S/C8H3ClF2N2/c9-8-4-1-5(10)6(11)2-7(4)12-3-13-8/h1-3H. The molecule has 0 radical (unpaired) electrons. The van der Waals surface area contributed by atoms with E-state index in [1.165, 1.54) is 6.33 Å². The molecule has 0 bridgehead atoms. The van der Waals surface area contributed by atoms with Crippen molar-refractivity contribution < 1.29 is 8.78 Å². The van der Waals surface area contributed by atoms with Crippen LogP contribution in [0.4, 0.5) is 8.78 Å². The van der Waals surface area contributed by atoms with Crippen LogP contribution in [0.3, 0.4) is 0 Å². The number of hydrogen-bond donors (Lipinski definition) is 0. The number of rotatable bonds is 0. The molecule has 0 aliphatic rings. The molecule has 66 valence electrons. The summed E-state index contributed by atoms with van der Waals surface area (Å²) in [5, 5.41) is 0.423. The number of aromatic nitrogens is 2. The molecule has 1 heterocycles. The van der Waals surface area contributed by atoms with Crippen molar-refractivity contribution in [2.45, 2.75) is 0 Å². The first-order valence-corrected chi connectivity index (χ1v) is 3.81. The highest BCUT2D eigenvalue weighted by molar-refractivity contribution is 6.33. The third kappa shape index (κ3) is 1.33. The van der Waals surface area contributed by atoms with Crippen molar-refractivity contribution in [3.63, 3.8) is 0 Å². The summed E-state index contributed by atoms with van der Waals surface area (Å²) in [6.45, 7) is 0. The first kappa shape index (κ1) is 8.31. The molecular weight excluding hydrogens is 198 g/mol. The van der Waals surface area contributed by atoms with Gasteiger partial charge < -0.3 is 0 Å². The van der Waals surface area contributed by atoms with Crippen LogP contribution in [-0.4, -0.2) is 9.97 Å². The lowest BCUT2D eigenvalue weighted by Crippen LogP contribution is -1.88. The normalized spacial score (nSPS) is 10.7. The maximum atomic E-state index is 12.7. The zero-order valence-electron chi connectivity index (χ0n) is 6.26. The molecule has 0 atom stereocenters. The van der Waals surface area contributed by atoms with Crippen LogP contribution in [0.25, 0.3) is 10.9 Å². The number of fused-ring (bicyclic) bond motifs is 1. The van der Waals surface area contributed by atoms with Crippen LogP contribution >= 0.6 is 11.6 Å². The van der Waals surface area contributed by atoms with E-state index in [1.54, 1.807) is 0 Å². The van der Waals surface area contributed by atoms with E-state index in [-0.39, 0.29) is 5.15 Å². The second-order valence-corrected chi connectivity index (χ2v) is 2.81. The van der Waals surface area contributed by atoms with Crippen molar-refractivity contribution >= 4 is 22.5 Å². The van der Waals surface area contributed by atoms with Gasteiger partial charge in [-0.3, -0.25) is 0 Å². The second-order valence-electron chi connectivity index (χ2n) is 2.45. The van der Waals surface area contributed by atoms with Gasteiger partial charge in [-0.2, -0.15) is 0 Å². The molecule has 1 aromatic heterocycles. The molecule has 0 saturated heterocycles. The van der Waals surface area contributed by atoms with Crippen LogP contribution in [0.1, 0.15) is 0 Å². The van der Waals surface area contributed by atoms with Crippen molar-refractivity contribution in [2.75, 3.05) is 0 Å². The fourth-order valence-corrected chi connectivity index (χ4v) is 1.21. The lowest BCUT2D eigenvalue weighted by atomic mass is 10.2. The molecule has 1 aromatic carbocycles. The Morgan fingerprint density at radius 3 is 2.54 bits per heavy atom. The SMILES string of the molecule is Fc1cc2ncnc(Cl)c2cc1F. The van der Waals surface area contributed by atoms with E-state index in [9.17, 15) is 8.78 Å². The number of benzene rings is 1. The van der Waals surface area contributed by atoms with Gasteiger partial charge in [0.05, 0.1) is 5.52 Å². The van der Waals surface area contributed by atoms with Crippen molar-refractivity contribution in [3.8, 4) is 0 Å². The maximum absolute atomic E-state index is 12.7. The predicted octanol–water partition coefficient (Wildman–Crippen LogP) is 2.56. The minimum atomic E-state index is -0.954. The van der Waals surface area contributed by atoms with Crippen molar-refractivity contribution in [2.24, 2.45) is 0 Å². The Morgan fingerprint density at radius 1 is 1.08 bits per heavy atom. The van der Waals surface area contributed by atoms with E-state index in [1.807, 2.05) is 0 Å². The van der Waals surface area contributed by atoms with E-state index >= 15 is 0 Å². The molecule has 0 amide bonds. The average Bonchev–Trinajstić information content (AvgIpc) is 2.09. The third-order valence-electron chi connectivity index (χ3n) is 1.63. The molecule has 0 spiro atoms. The van der Waals surface area contributed by atoms with Crippen LogP contribution in [0.5, 0.6) is 0 Å². The molecule has 0 unspecified atom stereocenters. The van der Waals surface area contributed by atoms with E-state index in [4.69, 9.17) is 11.6 Å². The Kier molecular flexibility index (Phi) is 1.84. The monoisotopic (exact) mass is 200 g/mol. The highest BCUT2D eigenvalue weighted by Crippen LogP contribution is 2.21. The van der Waals surface area contributed by atoms with Crippen LogP contribution in [0.2, 0.25) is 5.15 Å². The van der Waals surface area contributed by atoms with E-state index in [2.05, 4.69) is 9.97 Å². The average molecular weight is 201 g/mol. The second kappa shape index (κ2) is 2.88. The Labute approximate surface area is 77.2 Å². The molecule has 0 N–H and O–H groups in total. The quantitative estimate of drug-likeness (QED) is 0.611. The first-order valence-electron chi connectivity index (χ1n) is 3.44. The summed E-state index contributed by atoms with van der Waals surface area (Å²) in [5.74, 6) is -1.90. The molecule has 0 aliphatic heterocycles. The number of hydrogen-bond acceptors (Lipinski definition) is 2.